The van der Waals surface area contributed by atoms with E-state index in [0.717, 1.165) is 35.5 Å². The minimum absolute atomic E-state index is 0.126. The van der Waals surface area contributed by atoms with Crippen LogP contribution in [-0.2, 0) is 11.3 Å². The van der Waals surface area contributed by atoms with Crippen molar-refractivity contribution in [3.05, 3.63) is 68.5 Å². The molecular formula is C20H17Cl2FN2OS. The smallest absolute Gasteiger partial charge is 0.190 e. The number of nitrogens with zero attached hydrogens (tertiary/aromatic N) is 2. The van der Waals surface area contributed by atoms with E-state index in [0.29, 0.717) is 22.3 Å². The molecule has 0 spiro atoms. The number of hydrogen-bond donors (Lipinski definition) is 0. The number of aromatic nitrogens is 1. The normalized spacial score (nSPS) is 17.6. The molecule has 1 unspecified atom stereocenters. The largest absolute Gasteiger partial charge is 0.376 e. The molecule has 0 saturated carbocycles. The lowest BCUT2D eigenvalue weighted by atomic mass is 10.1. The molecule has 4 rings (SSSR count). The molecule has 3 nitrogen and oxygen atoms in total. The van der Waals surface area contributed by atoms with Crippen molar-refractivity contribution in [1.82, 2.24) is 4.57 Å². The number of ether oxygens (including phenoxy) is 1. The van der Waals surface area contributed by atoms with Crippen LogP contribution in [0, 0.1) is 5.82 Å². The molecule has 1 aliphatic rings. The minimum atomic E-state index is -0.342. The van der Waals surface area contributed by atoms with Crippen molar-refractivity contribution in [2.24, 2.45) is 4.99 Å². The third-order valence-corrected chi connectivity index (χ3v) is 6.09. The summed E-state index contributed by atoms with van der Waals surface area (Å²) >= 11 is 13.7. The Morgan fingerprint density at radius 1 is 1.19 bits per heavy atom. The van der Waals surface area contributed by atoms with E-state index in [4.69, 9.17) is 27.9 Å². The summed E-state index contributed by atoms with van der Waals surface area (Å²) < 4.78 is 22.0. The minimum Gasteiger partial charge on any atom is -0.376 e. The third kappa shape index (κ3) is 4.11. The van der Waals surface area contributed by atoms with Crippen molar-refractivity contribution in [3.63, 3.8) is 0 Å². The van der Waals surface area contributed by atoms with Gasteiger partial charge in [0.15, 0.2) is 4.80 Å². The Balaban J connectivity index is 1.83. The van der Waals surface area contributed by atoms with Crippen molar-refractivity contribution in [3.8, 4) is 11.3 Å². The van der Waals surface area contributed by atoms with Crippen LogP contribution in [0.25, 0.3) is 11.3 Å². The van der Waals surface area contributed by atoms with E-state index in [1.807, 2.05) is 17.5 Å². The highest BCUT2D eigenvalue weighted by Gasteiger charge is 2.19. The summed E-state index contributed by atoms with van der Waals surface area (Å²) in [4.78, 5) is 5.28. The topological polar surface area (TPSA) is 26.5 Å². The average Bonchev–Trinajstić information content (AvgIpc) is 3.31. The van der Waals surface area contributed by atoms with Gasteiger partial charge in [-0.05, 0) is 37.1 Å². The summed E-state index contributed by atoms with van der Waals surface area (Å²) in [5, 5.41) is 3.02. The zero-order valence-electron chi connectivity index (χ0n) is 14.4. The summed E-state index contributed by atoms with van der Waals surface area (Å²) in [7, 11) is 0. The SMILES string of the molecule is Fc1ccccc1N=c1scc(-c2ccc(Cl)c(Cl)c2)n1CC1CCCO1. The Morgan fingerprint density at radius 2 is 2.04 bits per heavy atom. The number of thiazole rings is 1. The molecule has 0 N–H and O–H groups in total. The van der Waals surface area contributed by atoms with Gasteiger partial charge in [-0.15, -0.1) is 11.3 Å². The number of para-hydroxylation sites is 1. The van der Waals surface area contributed by atoms with E-state index in [-0.39, 0.29) is 11.9 Å². The highest BCUT2D eigenvalue weighted by molar-refractivity contribution is 7.07. The Hall–Kier alpha value is -1.66. The fourth-order valence-electron chi connectivity index (χ4n) is 3.12. The van der Waals surface area contributed by atoms with Crippen LogP contribution >= 0.6 is 34.5 Å². The molecule has 1 fully saturated rings. The van der Waals surface area contributed by atoms with E-state index in [1.54, 1.807) is 24.3 Å². The molecule has 0 amide bonds. The zero-order chi connectivity index (χ0) is 18.8. The molecular weight excluding hydrogens is 406 g/mol. The van der Waals surface area contributed by atoms with Crippen LogP contribution in [0.3, 0.4) is 0 Å². The number of benzene rings is 2. The molecule has 0 aliphatic carbocycles. The maximum atomic E-state index is 14.1. The summed E-state index contributed by atoms with van der Waals surface area (Å²) in [5.41, 5.74) is 2.22. The summed E-state index contributed by atoms with van der Waals surface area (Å²) in [6, 6.07) is 12.1. The van der Waals surface area contributed by atoms with Crippen molar-refractivity contribution >= 4 is 40.2 Å². The van der Waals surface area contributed by atoms with Crippen LogP contribution in [0.4, 0.5) is 10.1 Å². The second kappa shape index (κ2) is 8.15. The number of hydrogen-bond acceptors (Lipinski definition) is 3. The van der Waals surface area contributed by atoms with Gasteiger partial charge in [-0.2, -0.15) is 0 Å². The second-order valence-corrected chi connectivity index (χ2v) is 7.99. The van der Waals surface area contributed by atoms with Crippen molar-refractivity contribution in [2.75, 3.05) is 6.61 Å². The molecule has 1 aromatic heterocycles. The van der Waals surface area contributed by atoms with Crippen molar-refractivity contribution < 1.29 is 9.13 Å². The quantitative estimate of drug-likeness (QED) is 0.500. The highest BCUT2D eigenvalue weighted by Crippen LogP contribution is 2.30. The van der Waals surface area contributed by atoms with E-state index in [1.165, 1.54) is 17.4 Å². The van der Waals surface area contributed by atoms with Gasteiger partial charge in [-0.1, -0.05) is 41.4 Å². The van der Waals surface area contributed by atoms with Gasteiger partial charge in [-0.3, -0.25) is 0 Å². The van der Waals surface area contributed by atoms with Crippen LogP contribution in [0.5, 0.6) is 0 Å². The van der Waals surface area contributed by atoms with Crippen LogP contribution in [0.1, 0.15) is 12.8 Å². The van der Waals surface area contributed by atoms with Crippen LogP contribution in [0.15, 0.2) is 52.8 Å². The van der Waals surface area contributed by atoms with Gasteiger partial charge in [0.1, 0.15) is 11.5 Å². The van der Waals surface area contributed by atoms with Crippen LogP contribution in [-0.4, -0.2) is 17.3 Å². The van der Waals surface area contributed by atoms with E-state index < -0.39 is 0 Å². The van der Waals surface area contributed by atoms with Gasteiger partial charge >= 0.3 is 0 Å². The lowest BCUT2D eigenvalue weighted by molar-refractivity contribution is 0.0968. The van der Waals surface area contributed by atoms with Gasteiger partial charge in [0.25, 0.3) is 0 Å². The summed E-state index contributed by atoms with van der Waals surface area (Å²) in [5.74, 6) is -0.342. The third-order valence-electron chi connectivity index (χ3n) is 4.49. The van der Waals surface area contributed by atoms with Gasteiger partial charge in [-0.25, -0.2) is 9.38 Å². The van der Waals surface area contributed by atoms with Crippen LogP contribution < -0.4 is 4.80 Å². The van der Waals surface area contributed by atoms with Crippen molar-refractivity contribution in [2.45, 2.75) is 25.5 Å². The maximum absolute atomic E-state index is 14.1. The first-order chi connectivity index (χ1) is 13.1. The predicted molar refractivity (Wildman–Crippen MR) is 108 cm³/mol. The highest BCUT2D eigenvalue weighted by atomic mass is 35.5. The molecule has 27 heavy (non-hydrogen) atoms. The predicted octanol–water partition coefficient (Wildman–Crippen LogP) is 6.07. The van der Waals surface area contributed by atoms with Gasteiger partial charge in [0.2, 0.25) is 0 Å². The fourth-order valence-corrected chi connectivity index (χ4v) is 4.35. The Labute approximate surface area is 170 Å². The molecule has 3 aromatic rings. The van der Waals surface area contributed by atoms with E-state index in [9.17, 15) is 4.39 Å². The molecule has 7 heteroatoms. The number of rotatable bonds is 4. The van der Waals surface area contributed by atoms with E-state index >= 15 is 0 Å². The Morgan fingerprint density at radius 3 is 2.78 bits per heavy atom. The first-order valence-electron chi connectivity index (χ1n) is 8.66. The lowest BCUT2D eigenvalue weighted by Gasteiger charge is -2.14. The molecule has 1 aliphatic heterocycles. The second-order valence-electron chi connectivity index (χ2n) is 6.34. The van der Waals surface area contributed by atoms with Gasteiger partial charge in [0.05, 0.1) is 28.4 Å². The fraction of sp³-hybridized carbons (Fsp3) is 0.250. The molecule has 140 valence electrons. The number of halogens is 3. The average molecular weight is 423 g/mol. The molecule has 2 heterocycles. The Bertz CT molecular complexity index is 1020. The van der Waals surface area contributed by atoms with E-state index in [2.05, 4.69) is 9.56 Å². The monoisotopic (exact) mass is 422 g/mol. The lowest BCUT2D eigenvalue weighted by Crippen LogP contribution is -2.24. The Kier molecular flexibility index (Phi) is 5.64. The molecule has 1 atom stereocenters. The van der Waals surface area contributed by atoms with Crippen LogP contribution in [0.2, 0.25) is 10.0 Å². The molecule has 0 radical (unpaired) electrons. The molecule has 2 aromatic carbocycles. The summed E-state index contributed by atoms with van der Waals surface area (Å²) in [6.07, 6.45) is 2.18. The first kappa shape index (κ1) is 18.7. The summed E-state index contributed by atoms with van der Waals surface area (Å²) in [6.45, 7) is 1.43. The standard InChI is InChI=1S/C20H17Cl2FN2OS/c21-15-8-7-13(10-16(15)22)19-12-27-20(24-18-6-2-1-5-17(18)23)25(19)11-14-4-3-9-26-14/h1-2,5-8,10,12,14H,3-4,9,11H2. The zero-order valence-corrected chi connectivity index (χ0v) is 16.7. The molecule has 0 bridgehead atoms. The molecule has 1 saturated heterocycles. The van der Waals surface area contributed by atoms with Gasteiger partial charge in [0, 0.05) is 17.6 Å². The first-order valence-corrected chi connectivity index (χ1v) is 10.3. The van der Waals surface area contributed by atoms with Crippen molar-refractivity contribution in [1.29, 1.82) is 0 Å². The van der Waals surface area contributed by atoms with Gasteiger partial charge < -0.3 is 9.30 Å². The maximum Gasteiger partial charge on any atom is 0.190 e.